The number of nitrogens with one attached hydrogen (secondary N) is 1. The minimum Gasteiger partial charge on any atom is -0.369 e. The molecular formula is C26H37N7O. The fourth-order valence-electron chi connectivity index (χ4n) is 5.57. The second kappa shape index (κ2) is 9.41. The summed E-state index contributed by atoms with van der Waals surface area (Å²) in [5.74, 6) is 1.60. The van der Waals surface area contributed by atoms with Crippen molar-refractivity contribution in [2.24, 2.45) is 0 Å². The Morgan fingerprint density at radius 3 is 2.53 bits per heavy atom. The van der Waals surface area contributed by atoms with Crippen LogP contribution in [-0.2, 0) is 4.79 Å². The highest BCUT2D eigenvalue weighted by Crippen LogP contribution is 2.40. The van der Waals surface area contributed by atoms with Crippen molar-refractivity contribution < 1.29 is 4.79 Å². The Balaban J connectivity index is 1.46. The van der Waals surface area contributed by atoms with E-state index in [-0.39, 0.29) is 11.9 Å². The van der Waals surface area contributed by atoms with E-state index in [4.69, 9.17) is 4.98 Å². The zero-order valence-electron chi connectivity index (χ0n) is 20.9. The highest BCUT2D eigenvalue weighted by Gasteiger charge is 2.41. The quantitative estimate of drug-likeness (QED) is 0.724. The van der Waals surface area contributed by atoms with Crippen LogP contribution in [0, 0.1) is 6.92 Å². The monoisotopic (exact) mass is 463 g/mol. The van der Waals surface area contributed by atoms with Crippen molar-refractivity contribution in [3.63, 3.8) is 0 Å². The number of rotatable bonds is 5. The van der Waals surface area contributed by atoms with Crippen LogP contribution in [0.3, 0.4) is 0 Å². The number of piperazine rings is 1. The van der Waals surface area contributed by atoms with E-state index in [1.54, 1.807) is 11.1 Å². The summed E-state index contributed by atoms with van der Waals surface area (Å²) in [5.41, 5.74) is 4.21. The van der Waals surface area contributed by atoms with E-state index < -0.39 is 0 Å². The zero-order chi connectivity index (χ0) is 23.8. The molecule has 5 rings (SSSR count). The highest BCUT2D eigenvalue weighted by molar-refractivity contribution is 6.04. The van der Waals surface area contributed by atoms with E-state index >= 15 is 0 Å². The molecule has 1 N–H and O–H groups in total. The first-order valence-electron chi connectivity index (χ1n) is 12.7. The largest absolute Gasteiger partial charge is 0.369 e. The van der Waals surface area contributed by atoms with E-state index in [9.17, 15) is 4.79 Å². The fraction of sp³-hybridized carbons (Fsp3) is 0.577. The minimum atomic E-state index is -0.161. The fourth-order valence-corrected chi connectivity index (χ4v) is 5.57. The van der Waals surface area contributed by atoms with E-state index in [0.717, 1.165) is 68.2 Å². The summed E-state index contributed by atoms with van der Waals surface area (Å²) in [7, 11) is 4.02. The number of fused-ring (bicyclic) bond motifs is 1. The molecule has 8 nitrogen and oxygen atoms in total. The molecule has 1 unspecified atom stereocenters. The van der Waals surface area contributed by atoms with Crippen LogP contribution in [0.5, 0.6) is 0 Å². The van der Waals surface area contributed by atoms with E-state index in [1.165, 1.54) is 18.5 Å². The van der Waals surface area contributed by atoms with E-state index in [0.29, 0.717) is 12.0 Å². The normalized spacial score (nSPS) is 21.8. The minimum absolute atomic E-state index is 0.141. The second-order valence-corrected chi connectivity index (χ2v) is 9.98. The Kier molecular flexibility index (Phi) is 6.34. The van der Waals surface area contributed by atoms with Gasteiger partial charge in [-0.2, -0.15) is 4.98 Å². The van der Waals surface area contributed by atoms with Gasteiger partial charge in [-0.3, -0.25) is 4.79 Å². The Hall–Kier alpha value is -2.87. The molecule has 1 saturated heterocycles. The van der Waals surface area contributed by atoms with E-state index in [1.807, 2.05) is 7.05 Å². The topological polar surface area (TPSA) is 67.8 Å². The molecule has 182 valence electrons. The molecule has 3 heterocycles. The van der Waals surface area contributed by atoms with Crippen LogP contribution < -0.4 is 20.0 Å². The molecular weight excluding hydrogens is 426 g/mol. The molecule has 1 saturated carbocycles. The lowest BCUT2D eigenvalue weighted by molar-refractivity contribution is -0.120. The number of anilines is 5. The third kappa shape index (κ3) is 4.19. The molecule has 1 amide bonds. The lowest BCUT2D eigenvalue weighted by Crippen LogP contribution is -2.55. The van der Waals surface area contributed by atoms with Crippen molar-refractivity contribution in [2.45, 2.75) is 58.0 Å². The van der Waals surface area contributed by atoms with Gasteiger partial charge in [0.2, 0.25) is 11.9 Å². The number of amides is 1. The number of carbonyl (C=O) groups is 1. The van der Waals surface area contributed by atoms with Gasteiger partial charge in [0.1, 0.15) is 11.7 Å². The van der Waals surface area contributed by atoms with E-state index in [2.05, 4.69) is 64.1 Å². The van der Waals surface area contributed by atoms with Crippen molar-refractivity contribution in [1.29, 1.82) is 0 Å². The Bertz CT molecular complexity index is 1040. The molecule has 8 heteroatoms. The summed E-state index contributed by atoms with van der Waals surface area (Å²) < 4.78 is 0. The van der Waals surface area contributed by atoms with Gasteiger partial charge >= 0.3 is 0 Å². The molecule has 2 aliphatic heterocycles. The Labute approximate surface area is 203 Å². The van der Waals surface area contributed by atoms with Crippen LogP contribution >= 0.6 is 0 Å². The maximum absolute atomic E-state index is 13.1. The highest BCUT2D eigenvalue weighted by atomic mass is 16.2. The third-order valence-electron chi connectivity index (χ3n) is 7.75. The predicted molar refractivity (Wildman–Crippen MR) is 138 cm³/mol. The molecule has 1 atom stereocenters. The van der Waals surface area contributed by atoms with Crippen LogP contribution in [0.2, 0.25) is 0 Å². The number of hydrogen-bond acceptors (Lipinski definition) is 7. The molecule has 1 aliphatic carbocycles. The van der Waals surface area contributed by atoms with Gasteiger partial charge in [0.05, 0.1) is 6.20 Å². The molecule has 0 spiro atoms. The zero-order valence-corrected chi connectivity index (χ0v) is 20.9. The third-order valence-corrected chi connectivity index (χ3v) is 7.75. The molecule has 2 aromatic rings. The van der Waals surface area contributed by atoms with Crippen LogP contribution in [-0.4, -0.2) is 73.1 Å². The molecule has 0 bridgehead atoms. The molecule has 2 fully saturated rings. The van der Waals surface area contributed by atoms with Crippen molar-refractivity contribution in [3.05, 3.63) is 30.0 Å². The van der Waals surface area contributed by atoms with Gasteiger partial charge in [0.15, 0.2) is 5.82 Å². The number of benzene rings is 1. The van der Waals surface area contributed by atoms with Crippen molar-refractivity contribution in [2.75, 3.05) is 60.3 Å². The number of aryl methyl sites for hydroxylation is 1. The lowest BCUT2D eigenvalue weighted by atomic mass is 10.0. The standard InChI is InChI=1S/C26H37N7O/c1-5-22-25(34)31(4)23-17-27-26(29-24(23)33(22)19-8-6-7-9-19)28-21-16-20(11-10-18(21)2)32-14-12-30(3)13-15-32/h10-11,16-17,19,22H,5-9,12-15H2,1-4H3,(H,27,28,29). The first-order chi connectivity index (χ1) is 16.5. The predicted octanol–water partition coefficient (Wildman–Crippen LogP) is 3.78. The van der Waals surface area contributed by atoms with Gasteiger partial charge < -0.3 is 24.9 Å². The molecule has 0 radical (unpaired) electrons. The summed E-state index contributed by atoms with van der Waals surface area (Å²) >= 11 is 0. The lowest BCUT2D eigenvalue weighted by Gasteiger charge is -2.43. The SMILES string of the molecule is CCC1C(=O)N(C)c2cnc(Nc3cc(N4CCN(C)CC4)ccc3C)nc2N1C1CCCC1. The average molecular weight is 464 g/mol. The number of likely N-dealkylation sites (N-methyl/N-ethyl adjacent to an activating group) is 2. The second-order valence-electron chi connectivity index (χ2n) is 9.98. The number of carbonyl (C=O) groups excluding carboxylic acids is 1. The molecule has 1 aromatic carbocycles. The summed E-state index contributed by atoms with van der Waals surface area (Å²) in [6.07, 6.45) is 7.24. The summed E-state index contributed by atoms with van der Waals surface area (Å²) in [5, 5.41) is 3.49. The van der Waals surface area contributed by atoms with Gasteiger partial charge in [-0.1, -0.05) is 25.8 Å². The first kappa shape index (κ1) is 22.9. The van der Waals surface area contributed by atoms with Crippen LogP contribution in [0.4, 0.5) is 28.8 Å². The number of hydrogen-bond donors (Lipinski definition) is 1. The molecule has 34 heavy (non-hydrogen) atoms. The maximum Gasteiger partial charge on any atom is 0.249 e. The van der Waals surface area contributed by atoms with Crippen molar-refractivity contribution in [1.82, 2.24) is 14.9 Å². The maximum atomic E-state index is 13.1. The average Bonchev–Trinajstić information content (AvgIpc) is 3.37. The number of aromatic nitrogens is 2. The van der Waals surface area contributed by atoms with Gasteiger partial charge in [0, 0.05) is 50.6 Å². The van der Waals surface area contributed by atoms with Gasteiger partial charge in [-0.05, 0) is 50.9 Å². The van der Waals surface area contributed by atoms with Crippen molar-refractivity contribution in [3.8, 4) is 0 Å². The summed E-state index contributed by atoms with van der Waals surface area (Å²) in [6.45, 7) is 8.42. The first-order valence-corrected chi connectivity index (χ1v) is 12.7. The van der Waals surface area contributed by atoms with Crippen molar-refractivity contribution >= 4 is 34.7 Å². The van der Waals surface area contributed by atoms with Gasteiger partial charge in [-0.15, -0.1) is 0 Å². The molecule has 3 aliphatic rings. The summed E-state index contributed by atoms with van der Waals surface area (Å²) in [4.78, 5) is 31.6. The van der Waals surface area contributed by atoms with Crippen LogP contribution in [0.15, 0.2) is 24.4 Å². The Morgan fingerprint density at radius 2 is 1.82 bits per heavy atom. The van der Waals surface area contributed by atoms with Gasteiger partial charge in [-0.25, -0.2) is 4.98 Å². The molecule has 1 aromatic heterocycles. The van der Waals surface area contributed by atoms with Crippen LogP contribution in [0.25, 0.3) is 0 Å². The van der Waals surface area contributed by atoms with Crippen LogP contribution in [0.1, 0.15) is 44.6 Å². The smallest absolute Gasteiger partial charge is 0.249 e. The Morgan fingerprint density at radius 1 is 1.09 bits per heavy atom. The number of nitrogens with zero attached hydrogens (tertiary/aromatic N) is 6. The van der Waals surface area contributed by atoms with Gasteiger partial charge in [0.25, 0.3) is 0 Å². The summed E-state index contributed by atoms with van der Waals surface area (Å²) in [6, 6.07) is 6.78.